The van der Waals surface area contributed by atoms with Crippen LogP contribution in [0.25, 0.3) is 0 Å². The molecule has 0 aromatic rings. The topological polar surface area (TPSA) is 63.9 Å². The molecule has 5 rings (SSSR count). The highest BCUT2D eigenvalue weighted by molar-refractivity contribution is 5.25. The maximum absolute atomic E-state index is 10.2. The molecule has 1 saturated heterocycles. The first-order chi connectivity index (χ1) is 17.1. The van der Waals surface area contributed by atoms with E-state index in [0.29, 0.717) is 17.4 Å². The second-order valence-corrected chi connectivity index (χ2v) is 14.3. The van der Waals surface area contributed by atoms with Gasteiger partial charge in [-0.15, -0.1) is 0 Å². The molecule has 3 N–H and O–H groups in total. The van der Waals surface area contributed by atoms with Gasteiger partial charge in [-0.1, -0.05) is 65.5 Å². The SMILES string of the molecule is CC(C)CCCC(C)[C@H]1CC[C@H]2[C@@H]3CC=C4C[C@@H](O)CC[C@]4(C)[C@H]3CC[C@]12C.OC[C@@H]1CCCN1O. The van der Waals surface area contributed by atoms with E-state index in [-0.39, 0.29) is 18.8 Å². The molecule has 0 radical (unpaired) electrons. The molecule has 3 saturated carbocycles. The van der Waals surface area contributed by atoms with Crippen LogP contribution in [0.3, 0.4) is 0 Å². The highest BCUT2D eigenvalue weighted by atomic mass is 16.5. The van der Waals surface area contributed by atoms with Crippen LogP contribution in [0.1, 0.15) is 118 Å². The van der Waals surface area contributed by atoms with E-state index in [0.717, 1.165) is 61.2 Å². The molecule has 1 unspecified atom stereocenters. The summed E-state index contributed by atoms with van der Waals surface area (Å²) in [5, 5.41) is 28.8. The second-order valence-electron chi connectivity index (χ2n) is 14.3. The molecule has 0 bridgehead atoms. The number of nitrogens with zero attached hydrogens (tertiary/aromatic N) is 1. The average molecular weight is 504 g/mol. The van der Waals surface area contributed by atoms with Gasteiger partial charge in [-0.25, -0.2) is 0 Å². The first-order valence-corrected chi connectivity index (χ1v) is 15.5. The molecule has 36 heavy (non-hydrogen) atoms. The zero-order chi connectivity index (χ0) is 26.1. The largest absolute Gasteiger partial charge is 0.395 e. The Morgan fingerprint density at radius 1 is 1.00 bits per heavy atom. The summed E-state index contributed by atoms with van der Waals surface area (Å²) in [7, 11) is 0. The average Bonchev–Trinajstić information content (AvgIpc) is 3.41. The molecule has 208 valence electrons. The highest BCUT2D eigenvalue weighted by Crippen LogP contribution is 2.67. The Morgan fingerprint density at radius 3 is 2.42 bits per heavy atom. The monoisotopic (exact) mass is 503 g/mol. The molecule has 4 aliphatic carbocycles. The van der Waals surface area contributed by atoms with Crippen LogP contribution >= 0.6 is 0 Å². The number of aliphatic hydroxyl groups is 2. The predicted octanol–water partition coefficient (Wildman–Crippen LogP) is 7.22. The molecular weight excluding hydrogens is 446 g/mol. The van der Waals surface area contributed by atoms with Crippen molar-refractivity contribution >= 4 is 0 Å². The van der Waals surface area contributed by atoms with Crippen molar-refractivity contribution in [1.82, 2.24) is 5.06 Å². The van der Waals surface area contributed by atoms with Gasteiger partial charge in [0.25, 0.3) is 0 Å². The van der Waals surface area contributed by atoms with E-state index >= 15 is 0 Å². The van der Waals surface area contributed by atoms with Crippen LogP contribution in [0.5, 0.6) is 0 Å². The van der Waals surface area contributed by atoms with Gasteiger partial charge in [-0.2, -0.15) is 5.06 Å². The summed E-state index contributed by atoms with van der Waals surface area (Å²) in [6.45, 7) is 13.4. The Labute approximate surface area is 221 Å². The first-order valence-electron chi connectivity index (χ1n) is 15.5. The molecule has 0 amide bonds. The Morgan fingerprint density at radius 2 is 1.78 bits per heavy atom. The summed E-state index contributed by atoms with van der Waals surface area (Å²) in [5.74, 6) is 5.46. The molecule has 0 aromatic carbocycles. The third kappa shape index (κ3) is 5.63. The smallest absolute Gasteiger partial charge is 0.0610 e. The van der Waals surface area contributed by atoms with E-state index in [2.05, 4.69) is 40.7 Å². The van der Waals surface area contributed by atoms with Crippen LogP contribution in [0.15, 0.2) is 11.6 Å². The number of rotatable bonds is 6. The second kappa shape index (κ2) is 11.8. The summed E-state index contributed by atoms with van der Waals surface area (Å²) in [6.07, 6.45) is 19.1. The Bertz CT molecular complexity index is 752. The van der Waals surface area contributed by atoms with Crippen LogP contribution < -0.4 is 0 Å². The maximum atomic E-state index is 10.2. The fraction of sp³-hybridized carbons (Fsp3) is 0.938. The van der Waals surface area contributed by atoms with Crippen LogP contribution in [0.2, 0.25) is 0 Å². The van der Waals surface area contributed by atoms with Crippen LogP contribution in [0, 0.1) is 46.3 Å². The minimum atomic E-state index is -0.0766. The van der Waals surface area contributed by atoms with Crippen molar-refractivity contribution < 1.29 is 15.4 Å². The fourth-order valence-corrected chi connectivity index (χ4v) is 9.67. The molecule has 0 spiro atoms. The first kappa shape index (κ1) is 28.6. The van der Waals surface area contributed by atoms with E-state index in [1.807, 2.05) is 0 Å². The lowest BCUT2D eigenvalue weighted by Gasteiger charge is -2.58. The number of allylic oxidation sites excluding steroid dienone is 1. The van der Waals surface area contributed by atoms with E-state index in [4.69, 9.17) is 10.3 Å². The zero-order valence-corrected chi connectivity index (χ0v) is 24.1. The summed E-state index contributed by atoms with van der Waals surface area (Å²) in [4.78, 5) is 0. The van der Waals surface area contributed by atoms with Gasteiger partial charge in [0.15, 0.2) is 0 Å². The van der Waals surface area contributed by atoms with E-state index in [1.165, 1.54) is 62.9 Å². The molecule has 0 aromatic heterocycles. The van der Waals surface area contributed by atoms with Gasteiger partial charge in [0.2, 0.25) is 0 Å². The predicted molar refractivity (Wildman–Crippen MR) is 148 cm³/mol. The van der Waals surface area contributed by atoms with Crippen molar-refractivity contribution in [2.75, 3.05) is 13.2 Å². The van der Waals surface area contributed by atoms with Crippen LogP contribution in [-0.2, 0) is 0 Å². The third-order valence-electron chi connectivity index (χ3n) is 11.8. The number of aliphatic hydroxyl groups excluding tert-OH is 2. The van der Waals surface area contributed by atoms with Gasteiger partial charge in [0, 0.05) is 6.54 Å². The summed E-state index contributed by atoms with van der Waals surface area (Å²) in [5.41, 5.74) is 2.60. The van der Waals surface area contributed by atoms with Gasteiger partial charge in [0.1, 0.15) is 0 Å². The quantitative estimate of drug-likeness (QED) is 0.335. The van der Waals surface area contributed by atoms with Crippen molar-refractivity contribution in [2.45, 2.75) is 130 Å². The van der Waals surface area contributed by atoms with E-state index < -0.39 is 0 Å². The van der Waals surface area contributed by atoms with Crippen molar-refractivity contribution in [1.29, 1.82) is 0 Å². The molecule has 5 aliphatic rings. The van der Waals surface area contributed by atoms with Gasteiger partial charge >= 0.3 is 0 Å². The van der Waals surface area contributed by atoms with Gasteiger partial charge in [0.05, 0.1) is 18.8 Å². The van der Waals surface area contributed by atoms with Gasteiger partial charge < -0.3 is 15.4 Å². The Balaban J connectivity index is 0.000000325. The van der Waals surface area contributed by atoms with Crippen LogP contribution in [-0.4, -0.2) is 45.8 Å². The lowest BCUT2D eigenvalue weighted by atomic mass is 9.47. The number of fused-ring (bicyclic) bond motifs is 5. The Kier molecular flexibility index (Phi) is 9.34. The van der Waals surface area contributed by atoms with Crippen molar-refractivity contribution in [2.24, 2.45) is 46.3 Å². The lowest BCUT2D eigenvalue weighted by molar-refractivity contribution is -0.113. The molecular formula is C32H57NO3. The summed E-state index contributed by atoms with van der Waals surface area (Å²) < 4.78 is 0. The molecule has 4 nitrogen and oxygen atoms in total. The summed E-state index contributed by atoms with van der Waals surface area (Å²) >= 11 is 0. The lowest BCUT2D eigenvalue weighted by Crippen LogP contribution is -2.50. The fourth-order valence-electron chi connectivity index (χ4n) is 9.67. The molecule has 4 fully saturated rings. The van der Waals surface area contributed by atoms with Crippen molar-refractivity contribution in [3.05, 3.63) is 11.6 Å². The number of hydroxylamine groups is 2. The summed E-state index contributed by atoms with van der Waals surface area (Å²) in [6, 6.07) is 0.00926. The zero-order valence-electron chi connectivity index (χ0n) is 24.1. The van der Waals surface area contributed by atoms with Crippen LogP contribution in [0.4, 0.5) is 0 Å². The molecule has 1 heterocycles. The Hall–Kier alpha value is -0.420. The van der Waals surface area contributed by atoms with Crippen molar-refractivity contribution in [3.63, 3.8) is 0 Å². The minimum absolute atomic E-state index is 0.00926. The van der Waals surface area contributed by atoms with Crippen molar-refractivity contribution in [3.8, 4) is 0 Å². The maximum Gasteiger partial charge on any atom is 0.0610 e. The molecule has 1 aliphatic heterocycles. The normalized spacial score (nSPS) is 43.2. The number of hydrogen-bond acceptors (Lipinski definition) is 4. The molecule has 9 atom stereocenters. The third-order valence-corrected chi connectivity index (χ3v) is 11.8. The molecule has 4 heteroatoms. The van der Waals surface area contributed by atoms with Gasteiger partial charge in [-0.3, -0.25) is 0 Å². The highest BCUT2D eigenvalue weighted by Gasteiger charge is 2.59. The van der Waals surface area contributed by atoms with E-state index in [9.17, 15) is 5.11 Å². The standard InChI is InChI=1S/C27H46O.C5H11NO2/c1-18(2)7-6-8-19(3)23-11-12-24-22-10-9-20-17-21(28)13-15-26(20,4)25(22)14-16-27(23,24)5;7-4-5-2-1-3-6(5)8/h9,18-19,21-25,28H,6-8,10-17H2,1-5H3;5,7-8H,1-4H2/t19?,21-,22-,23+,24-,25-,26-,27+;5-/m00/s1. The number of hydrogen-bond donors (Lipinski definition) is 3. The van der Waals surface area contributed by atoms with E-state index in [1.54, 1.807) is 5.57 Å². The van der Waals surface area contributed by atoms with Gasteiger partial charge in [-0.05, 0) is 111 Å². The minimum Gasteiger partial charge on any atom is -0.395 e.